The Kier molecular flexibility index (Phi) is 2.91. The summed E-state index contributed by atoms with van der Waals surface area (Å²) in [7, 11) is 0. The molecular formula is C12H13N3O2. The van der Waals surface area contributed by atoms with Gasteiger partial charge in [0.25, 0.3) is 0 Å². The Morgan fingerprint density at radius 1 is 1.35 bits per heavy atom. The highest BCUT2D eigenvalue weighted by molar-refractivity contribution is 6.08. The Hall–Kier alpha value is -2.17. The molecule has 0 aliphatic rings. The van der Waals surface area contributed by atoms with Gasteiger partial charge in [-0.3, -0.25) is 9.78 Å². The molecule has 0 spiro atoms. The zero-order chi connectivity index (χ0) is 12.4. The second-order valence-electron chi connectivity index (χ2n) is 3.87. The zero-order valence-corrected chi connectivity index (χ0v) is 9.70. The summed E-state index contributed by atoms with van der Waals surface area (Å²) < 4.78 is 0. The smallest absolute Gasteiger partial charge is 0.309 e. The van der Waals surface area contributed by atoms with E-state index in [4.69, 9.17) is 0 Å². The van der Waals surface area contributed by atoms with E-state index in [2.05, 4.69) is 15.0 Å². The number of aromatic amines is 2. The summed E-state index contributed by atoms with van der Waals surface area (Å²) in [6.07, 6.45) is 3.77. The molecule has 0 atom stereocenters. The first-order valence-electron chi connectivity index (χ1n) is 5.39. The third-order valence-corrected chi connectivity index (χ3v) is 2.52. The Bertz CT molecular complexity index is 610. The number of rotatable bonds is 3. The average molecular weight is 231 g/mol. The van der Waals surface area contributed by atoms with Crippen LogP contribution < -0.4 is 5.69 Å². The number of nitrogens with zero attached hydrogens (tertiary/aromatic N) is 1. The van der Waals surface area contributed by atoms with E-state index in [1.54, 1.807) is 12.3 Å². The molecule has 0 saturated carbocycles. The topological polar surface area (TPSA) is 78.6 Å². The van der Waals surface area contributed by atoms with Crippen molar-refractivity contribution in [2.24, 2.45) is 0 Å². The molecule has 5 nitrogen and oxygen atoms in total. The molecule has 0 radical (unpaired) electrons. The first-order valence-corrected chi connectivity index (χ1v) is 5.39. The van der Waals surface area contributed by atoms with Crippen LogP contribution in [0.2, 0.25) is 0 Å². The molecule has 0 unspecified atom stereocenters. The van der Waals surface area contributed by atoms with E-state index in [-0.39, 0.29) is 11.5 Å². The van der Waals surface area contributed by atoms with E-state index in [0.29, 0.717) is 23.4 Å². The van der Waals surface area contributed by atoms with E-state index in [1.807, 2.05) is 13.8 Å². The van der Waals surface area contributed by atoms with Gasteiger partial charge in [-0.25, -0.2) is 4.79 Å². The van der Waals surface area contributed by atoms with Crippen LogP contribution >= 0.6 is 0 Å². The molecule has 0 aliphatic carbocycles. The first-order chi connectivity index (χ1) is 8.11. The molecule has 2 aromatic rings. The Balaban J connectivity index is 2.47. The number of imidazole rings is 1. The van der Waals surface area contributed by atoms with Crippen LogP contribution in [0.3, 0.4) is 0 Å². The SMILES string of the molecule is CCc1[nH]c(=O)[nH]c1C(=O)c1cncc(C)c1. The maximum absolute atomic E-state index is 12.2. The molecule has 0 aliphatic heterocycles. The summed E-state index contributed by atoms with van der Waals surface area (Å²) in [5, 5.41) is 0. The van der Waals surface area contributed by atoms with Crippen molar-refractivity contribution in [1.29, 1.82) is 0 Å². The zero-order valence-electron chi connectivity index (χ0n) is 9.70. The second kappa shape index (κ2) is 4.37. The molecular weight excluding hydrogens is 218 g/mol. The van der Waals surface area contributed by atoms with Crippen molar-refractivity contribution in [2.75, 3.05) is 0 Å². The number of aromatic nitrogens is 3. The van der Waals surface area contributed by atoms with Crippen LogP contribution in [-0.4, -0.2) is 20.7 Å². The first kappa shape index (κ1) is 11.3. The minimum Gasteiger partial charge on any atom is -0.309 e. The van der Waals surface area contributed by atoms with Crippen molar-refractivity contribution in [3.8, 4) is 0 Å². The number of hydrogen-bond acceptors (Lipinski definition) is 3. The number of H-pyrrole nitrogens is 2. The van der Waals surface area contributed by atoms with Gasteiger partial charge in [0, 0.05) is 23.7 Å². The Morgan fingerprint density at radius 2 is 2.12 bits per heavy atom. The lowest BCUT2D eigenvalue weighted by atomic mass is 10.1. The summed E-state index contributed by atoms with van der Waals surface area (Å²) in [4.78, 5) is 32.5. The minimum absolute atomic E-state index is 0.212. The van der Waals surface area contributed by atoms with Gasteiger partial charge in [-0.2, -0.15) is 0 Å². The normalized spacial score (nSPS) is 10.5. The van der Waals surface area contributed by atoms with Crippen LogP contribution in [0.25, 0.3) is 0 Å². The number of aryl methyl sites for hydroxylation is 2. The number of hydrogen-bond donors (Lipinski definition) is 2. The van der Waals surface area contributed by atoms with Gasteiger partial charge in [0.05, 0.1) is 0 Å². The molecule has 2 aromatic heterocycles. The van der Waals surface area contributed by atoms with Gasteiger partial charge in [-0.15, -0.1) is 0 Å². The lowest BCUT2D eigenvalue weighted by molar-refractivity contribution is 0.103. The van der Waals surface area contributed by atoms with Crippen LogP contribution in [0.1, 0.15) is 34.2 Å². The fourth-order valence-corrected chi connectivity index (χ4v) is 1.70. The number of pyridine rings is 1. The van der Waals surface area contributed by atoms with Crippen molar-refractivity contribution in [3.05, 3.63) is 51.5 Å². The van der Waals surface area contributed by atoms with Gasteiger partial charge < -0.3 is 9.97 Å². The number of nitrogens with one attached hydrogen (secondary N) is 2. The summed E-state index contributed by atoms with van der Waals surface area (Å²) in [5.74, 6) is -0.212. The Morgan fingerprint density at radius 3 is 2.76 bits per heavy atom. The standard InChI is InChI=1S/C12H13N3O2/c1-3-9-10(15-12(17)14-9)11(16)8-4-7(2)5-13-6-8/h4-6H,3H2,1-2H3,(H2,14,15,17). The highest BCUT2D eigenvalue weighted by Gasteiger charge is 2.16. The van der Waals surface area contributed by atoms with E-state index >= 15 is 0 Å². The molecule has 17 heavy (non-hydrogen) atoms. The van der Waals surface area contributed by atoms with Crippen LogP contribution in [0, 0.1) is 6.92 Å². The Labute approximate surface area is 97.9 Å². The fourth-order valence-electron chi connectivity index (χ4n) is 1.70. The maximum atomic E-state index is 12.2. The molecule has 2 heterocycles. The molecule has 2 rings (SSSR count). The summed E-state index contributed by atoms with van der Waals surface area (Å²) in [6, 6.07) is 1.75. The van der Waals surface area contributed by atoms with Crippen molar-refractivity contribution >= 4 is 5.78 Å². The monoisotopic (exact) mass is 231 g/mol. The molecule has 2 N–H and O–H groups in total. The largest absolute Gasteiger partial charge is 0.323 e. The quantitative estimate of drug-likeness (QED) is 0.779. The van der Waals surface area contributed by atoms with Gasteiger partial charge in [0.1, 0.15) is 5.69 Å². The van der Waals surface area contributed by atoms with Crippen LogP contribution in [0.5, 0.6) is 0 Å². The minimum atomic E-state index is -0.356. The van der Waals surface area contributed by atoms with Crippen LogP contribution in [0.4, 0.5) is 0 Å². The molecule has 88 valence electrons. The third kappa shape index (κ3) is 2.18. The molecule has 0 fully saturated rings. The molecule has 0 bridgehead atoms. The van der Waals surface area contributed by atoms with E-state index in [1.165, 1.54) is 6.20 Å². The van der Waals surface area contributed by atoms with Gasteiger partial charge >= 0.3 is 5.69 Å². The number of ketones is 1. The highest BCUT2D eigenvalue weighted by atomic mass is 16.1. The number of carbonyl (C=O) groups is 1. The summed E-state index contributed by atoms with van der Waals surface area (Å²) >= 11 is 0. The number of carbonyl (C=O) groups excluding carboxylic acids is 1. The van der Waals surface area contributed by atoms with Crippen molar-refractivity contribution in [1.82, 2.24) is 15.0 Å². The summed E-state index contributed by atoms with van der Waals surface area (Å²) in [5.41, 5.74) is 1.99. The molecule has 0 amide bonds. The van der Waals surface area contributed by atoms with Gasteiger partial charge in [-0.1, -0.05) is 6.92 Å². The van der Waals surface area contributed by atoms with Gasteiger partial charge in [0.15, 0.2) is 0 Å². The lowest BCUT2D eigenvalue weighted by Gasteiger charge is -2.01. The van der Waals surface area contributed by atoms with Crippen LogP contribution in [-0.2, 0) is 6.42 Å². The molecule has 0 saturated heterocycles. The van der Waals surface area contributed by atoms with Crippen molar-refractivity contribution in [2.45, 2.75) is 20.3 Å². The van der Waals surface area contributed by atoms with Crippen molar-refractivity contribution < 1.29 is 4.79 Å². The highest BCUT2D eigenvalue weighted by Crippen LogP contribution is 2.10. The fraction of sp³-hybridized carbons (Fsp3) is 0.250. The second-order valence-corrected chi connectivity index (χ2v) is 3.87. The third-order valence-electron chi connectivity index (χ3n) is 2.52. The maximum Gasteiger partial charge on any atom is 0.323 e. The van der Waals surface area contributed by atoms with E-state index in [0.717, 1.165) is 5.56 Å². The predicted molar refractivity (Wildman–Crippen MR) is 63.2 cm³/mol. The van der Waals surface area contributed by atoms with Gasteiger partial charge in [-0.05, 0) is 25.0 Å². The molecule has 5 heteroatoms. The average Bonchev–Trinajstić information content (AvgIpc) is 2.69. The summed E-state index contributed by atoms with van der Waals surface area (Å²) in [6.45, 7) is 3.74. The van der Waals surface area contributed by atoms with E-state index < -0.39 is 0 Å². The lowest BCUT2D eigenvalue weighted by Crippen LogP contribution is -2.07. The van der Waals surface area contributed by atoms with Gasteiger partial charge in [0.2, 0.25) is 5.78 Å². The van der Waals surface area contributed by atoms with Crippen LogP contribution in [0.15, 0.2) is 23.3 Å². The molecule has 0 aromatic carbocycles. The van der Waals surface area contributed by atoms with E-state index in [9.17, 15) is 9.59 Å². The predicted octanol–water partition coefficient (Wildman–Crippen LogP) is 1.20. The van der Waals surface area contributed by atoms with Crippen molar-refractivity contribution in [3.63, 3.8) is 0 Å².